The molecule has 0 unspecified atom stereocenters. The van der Waals surface area contributed by atoms with Gasteiger partial charge in [0, 0.05) is 23.7 Å². The fourth-order valence-corrected chi connectivity index (χ4v) is 1.89. The number of amides is 1. The number of pyridine rings is 1. The smallest absolute Gasteiger partial charge is 0.262 e. The molecule has 0 aliphatic rings. The van der Waals surface area contributed by atoms with Gasteiger partial charge in [-0.1, -0.05) is 11.6 Å². The molecule has 0 spiro atoms. The van der Waals surface area contributed by atoms with Crippen LogP contribution in [-0.4, -0.2) is 17.6 Å². The van der Waals surface area contributed by atoms with E-state index in [2.05, 4.69) is 5.32 Å². The first-order valence-corrected chi connectivity index (χ1v) is 6.71. The van der Waals surface area contributed by atoms with Crippen molar-refractivity contribution in [2.45, 2.75) is 6.92 Å². The lowest BCUT2D eigenvalue weighted by molar-refractivity contribution is -0.678. The average Bonchev–Trinajstić information content (AvgIpc) is 2.45. The molecule has 110 valence electrons. The molecule has 6 heteroatoms. The van der Waals surface area contributed by atoms with Gasteiger partial charge in [-0.05, 0) is 24.3 Å². The standard InChI is InChI=1S/C15H15ClN2O3/c1-10-15(13(19)7-8-18(10)2)21-9-14(20)17-12-5-3-11(16)4-6-12/h3-8H,9H2,1-2H3,(H,17,20)/p+1. The summed E-state index contributed by atoms with van der Waals surface area (Å²) >= 11 is 5.77. The van der Waals surface area contributed by atoms with Crippen LogP contribution >= 0.6 is 11.6 Å². The molecule has 2 aromatic rings. The van der Waals surface area contributed by atoms with Crippen molar-refractivity contribution in [1.82, 2.24) is 0 Å². The third-order valence-electron chi connectivity index (χ3n) is 3.02. The van der Waals surface area contributed by atoms with Crippen LogP contribution in [0.25, 0.3) is 0 Å². The zero-order valence-corrected chi connectivity index (χ0v) is 12.5. The van der Waals surface area contributed by atoms with E-state index in [1.165, 1.54) is 6.07 Å². The summed E-state index contributed by atoms with van der Waals surface area (Å²) < 4.78 is 7.19. The van der Waals surface area contributed by atoms with E-state index >= 15 is 0 Å². The summed E-state index contributed by atoms with van der Waals surface area (Å²) in [4.78, 5) is 11.8. The van der Waals surface area contributed by atoms with Crippen LogP contribution in [0.2, 0.25) is 5.02 Å². The number of aryl methyl sites for hydroxylation is 1. The summed E-state index contributed by atoms with van der Waals surface area (Å²) in [5, 5.41) is 13.0. The lowest BCUT2D eigenvalue weighted by Gasteiger charge is -2.09. The van der Waals surface area contributed by atoms with E-state index in [0.717, 1.165) is 5.69 Å². The highest BCUT2D eigenvalue weighted by molar-refractivity contribution is 6.30. The minimum absolute atomic E-state index is 0.00453. The van der Waals surface area contributed by atoms with Gasteiger partial charge < -0.3 is 15.2 Å². The highest BCUT2D eigenvalue weighted by Crippen LogP contribution is 2.26. The molecule has 2 rings (SSSR count). The van der Waals surface area contributed by atoms with Gasteiger partial charge in [-0.3, -0.25) is 4.79 Å². The number of hydrogen-bond donors (Lipinski definition) is 2. The molecule has 1 heterocycles. The van der Waals surface area contributed by atoms with Gasteiger partial charge in [-0.15, -0.1) is 0 Å². The molecule has 0 radical (unpaired) electrons. The second-order valence-corrected chi connectivity index (χ2v) is 5.01. The van der Waals surface area contributed by atoms with Gasteiger partial charge in [0.05, 0.1) is 0 Å². The quantitative estimate of drug-likeness (QED) is 0.851. The largest absolute Gasteiger partial charge is 0.504 e. The molecule has 21 heavy (non-hydrogen) atoms. The Hall–Kier alpha value is -2.27. The van der Waals surface area contributed by atoms with Crippen LogP contribution in [-0.2, 0) is 11.8 Å². The number of nitrogens with zero attached hydrogens (tertiary/aromatic N) is 1. The van der Waals surface area contributed by atoms with Gasteiger partial charge in [0.25, 0.3) is 5.91 Å². The highest BCUT2D eigenvalue weighted by atomic mass is 35.5. The van der Waals surface area contributed by atoms with Crippen molar-refractivity contribution >= 4 is 23.2 Å². The zero-order chi connectivity index (χ0) is 15.4. The van der Waals surface area contributed by atoms with E-state index in [1.807, 2.05) is 7.05 Å². The average molecular weight is 308 g/mol. The van der Waals surface area contributed by atoms with Crippen molar-refractivity contribution in [1.29, 1.82) is 0 Å². The summed E-state index contributed by atoms with van der Waals surface area (Å²) in [7, 11) is 1.83. The molecular formula is C15H16ClN2O3+. The number of aromatic nitrogens is 1. The van der Waals surface area contributed by atoms with E-state index in [1.54, 1.807) is 42.0 Å². The predicted molar refractivity (Wildman–Crippen MR) is 79.6 cm³/mol. The van der Waals surface area contributed by atoms with Crippen molar-refractivity contribution in [3.63, 3.8) is 0 Å². The minimum Gasteiger partial charge on any atom is -0.504 e. The lowest BCUT2D eigenvalue weighted by atomic mass is 10.3. The number of carbonyl (C=O) groups is 1. The highest BCUT2D eigenvalue weighted by Gasteiger charge is 2.16. The Morgan fingerprint density at radius 1 is 1.33 bits per heavy atom. The first-order valence-electron chi connectivity index (χ1n) is 6.34. The van der Waals surface area contributed by atoms with Crippen LogP contribution in [0.3, 0.4) is 0 Å². The fourth-order valence-electron chi connectivity index (χ4n) is 1.76. The number of hydrogen-bond acceptors (Lipinski definition) is 3. The van der Waals surface area contributed by atoms with Crippen LogP contribution in [0, 0.1) is 6.92 Å². The van der Waals surface area contributed by atoms with Crippen LogP contribution in [0.1, 0.15) is 5.69 Å². The van der Waals surface area contributed by atoms with Crippen molar-refractivity contribution in [3.8, 4) is 11.5 Å². The van der Waals surface area contributed by atoms with Gasteiger partial charge in [0.2, 0.25) is 11.4 Å². The summed E-state index contributed by atoms with van der Waals surface area (Å²) in [6.45, 7) is 1.60. The molecular weight excluding hydrogens is 292 g/mol. The Balaban J connectivity index is 1.98. The maximum Gasteiger partial charge on any atom is 0.262 e. The lowest BCUT2D eigenvalue weighted by Crippen LogP contribution is -2.32. The number of carbonyl (C=O) groups excluding carboxylic acids is 1. The van der Waals surface area contributed by atoms with Crippen molar-refractivity contribution in [2.24, 2.45) is 7.05 Å². The third kappa shape index (κ3) is 3.86. The number of benzene rings is 1. The van der Waals surface area contributed by atoms with Crippen molar-refractivity contribution in [3.05, 3.63) is 47.2 Å². The number of nitrogens with one attached hydrogen (secondary N) is 1. The minimum atomic E-state index is -0.317. The second-order valence-electron chi connectivity index (χ2n) is 4.57. The molecule has 0 bridgehead atoms. The molecule has 1 aromatic carbocycles. The topological polar surface area (TPSA) is 62.4 Å². The summed E-state index contributed by atoms with van der Waals surface area (Å²) in [6.07, 6.45) is 1.71. The number of halogens is 1. The number of ether oxygens (including phenoxy) is 1. The molecule has 0 aliphatic carbocycles. The van der Waals surface area contributed by atoms with Crippen LogP contribution in [0.4, 0.5) is 5.69 Å². The van der Waals surface area contributed by atoms with E-state index in [9.17, 15) is 9.90 Å². The monoisotopic (exact) mass is 307 g/mol. The van der Waals surface area contributed by atoms with Crippen LogP contribution in [0.5, 0.6) is 11.5 Å². The predicted octanol–water partition coefficient (Wildman–Crippen LogP) is 2.20. The summed E-state index contributed by atoms with van der Waals surface area (Å²) in [5.41, 5.74) is 1.36. The van der Waals surface area contributed by atoms with Crippen LogP contribution < -0.4 is 14.6 Å². The Morgan fingerprint density at radius 2 is 2.00 bits per heavy atom. The molecule has 2 N–H and O–H groups in total. The Kier molecular flexibility index (Phi) is 4.65. The van der Waals surface area contributed by atoms with Gasteiger partial charge in [0.1, 0.15) is 7.05 Å². The van der Waals surface area contributed by atoms with Crippen molar-refractivity contribution < 1.29 is 19.2 Å². The Bertz CT molecular complexity index is 657. The SMILES string of the molecule is Cc1c(OCC(=O)Nc2ccc(Cl)cc2)c(O)cc[n+]1C. The van der Waals surface area contributed by atoms with Gasteiger partial charge in [-0.25, -0.2) is 4.57 Å². The van der Waals surface area contributed by atoms with E-state index < -0.39 is 0 Å². The van der Waals surface area contributed by atoms with Gasteiger partial charge in [-0.2, -0.15) is 0 Å². The maximum absolute atomic E-state index is 11.8. The molecule has 1 aromatic heterocycles. The van der Waals surface area contributed by atoms with E-state index in [4.69, 9.17) is 16.3 Å². The number of anilines is 1. The van der Waals surface area contributed by atoms with Gasteiger partial charge >= 0.3 is 0 Å². The normalized spacial score (nSPS) is 10.2. The molecule has 5 nitrogen and oxygen atoms in total. The van der Waals surface area contributed by atoms with Gasteiger partial charge in [0.15, 0.2) is 18.6 Å². The second kappa shape index (κ2) is 6.45. The summed E-state index contributed by atoms with van der Waals surface area (Å²) in [6, 6.07) is 8.28. The number of rotatable bonds is 4. The maximum atomic E-state index is 11.8. The van der Waals surface area contributed by atoms with Crippen molar-refractivity contribution in [2.75, 3.05) is 11.9 Å². The molecule has 1 amide bonds. The van der Waals surface area contributed by atoms with E-state index in [-0.39, 0.29) is 18.3 Å². The molecule has 0 saturated heterocycles. The Morgan fingerprint density at radius 3 is 2.67 bits per heavy atom. The van der Waals surface area contributed by atoms with Crippen LogP contribution in [0.15, 0.2) is 36.5 Å². The molecule has 0 fully saturated rings. The first-order chi connectivity index (χ1) is 9.97. The Labute approximate surface area is 127 Å². The molecule has 0 atom stereocenters. The zero-order valence-electron chi connectivity index (χ0n) is 11.8. The molecule has 0 aliphatic heterocycles. The number of aromatic hydroxyl groups is 1. The fraction of sp³-hybridized carbons (Fsp3) is 0.200. The molecule has 0 saturated carbocycles. The third-order valence-corrected chi connectivity index (χ3v) is 3.27. The summed E-state index contributed by atoms with van der Waals surface area (Å²) in [5.74, 6) is -0.0150. The first kappa shape index (κ1) is 15.1. The van der Waals surface area contributed by atoms with E-state index in [0.29, 0.717) is 16.5 Å².